The number of nitrogens with zero attached hydrogens (tertiary/aromatic N) is 4. The monoisotopic (exact) mass is 627 g/mol. The van der Waals surface area contributed by atoms with Crippen LogP contribution in [0.4, 0.5) is 0 Å². The smallest absolute Gasteiger partial charge is 0.235 e. The molecule has 0 radical (unpaired) electrons. The molecule has 10 rings (SSSR count). The topological polar surface area (TPSA) is 35.6 Å². The van der Waals surface area contributed by atoms with Crippen molar-refractivity contribution in [2.24, 2.45) is 0 Å². The van der Waals surface area contributed by atoms with Gasteiger partial charge >= 0.3 is 0 Å². The predicted octanol–water partition coefficient (Wildman–Crippen LogP) is 11.2. The number of rotatable bonds is 4. The molecule has 224 valence electrons. The van der Waals surface area contributed by atoms with Gasteiger partial charge in [0.05, 0.1) is 53.8 Å². The van der Waals surface area contributed by atoms with Gasteiger partial charge < -0.3 is 4.57 Å². The summed E-state index contributed by atoms with van der Waals surface area (Å²) in [7, 11) is 0. The van der Waals surface area contributed by atoms with Crippen molar-refractivity contribution in [2.45, 2.75) is 0 Å². The van der Waals surface area contributed by atoms with Crippen LogP contribution in [0.15, 0.2) is 169 Å². The maximum absolute atomic E-state index is 9.88. The van der Waals surface area contributed by atoms with Gasteiger partial charge in [0.15, 0.2) is 0 Å². The quantitative estimate of drug-likeness (QED) is 0.195. The van der Waals surface area contributed by atoms with Gasteiger partial charge in [0, 0.05) is 38.2 Å². The van der Waals surface area contributed by atoms with Gasteiger partial charge in [-0.15, -0.1) is 0 Å². The van der Waals surface area contributed by atoms with Crippen molar-refractivity contribution in [1.29, 1.82) is 0 Å². The molecule has 10 aromatic rings. The SMILES string of the molecule is [2H]c1c([2H])c([2H])c2c(c1[2H])c1c([2H])c(-n3c4c([2H])c([2H])c([2H])c([2H])c4c4c([2H])c([2H])c([2H])c([2H])c43)c([2H])c([2H])c1n2-c1nc(-c2ccc(-c3ccccc3)cc2)c2ccccc2n1. The maximum atomic E-state index is 9.88. The van der Waals surface area contributed by atoms with Crippen molar-refractivity contribution >= 4 is 54.5 Å². The van der Waals surface area contributed by atoms with Gasteiger partial charge in [-0.2, -0.15) is 0 Å². The molecule has 4 nitrogen and oxygen atoms in total. The summed E-state index contributed by atoms with van der Waals surface area (Å²) in [5, 5.41) is -0.438. The molecule has 0 bridgehead atoms. The predicted molar refractivity (Wildman–Crippen MR) is 199 cm³/mol. The summed E-state index contributed by atoms with van der Waals surface area (Å²) < 4.78 is 137. The van der Waals surface area contributed by atoms with E-state index in [1.54, 1.807) is 12.1 Å². The fraction of sp³-hybridized carbons (Fsp3) is 0. The molecule has 4 heteroatoms. The Bertz CT molecular complexity index is 3600. The Labute approximate surface area is 297 Å². The average Bonchev–Trinajstić information content (AvgIpc) is 3.85. The Morgan fingerprint density at radius 3 is 1.67 bits per heavy atom. The Morgan fingerprint density at radius 2 is 0.958 bits per heavy atom. The second kappa shape index (κ2) is 10.5. The molecule has 0 saturated carbocycles. The number of hydrogen-bond donors (Lipinski definition) is 0. The summed E-state index contributed by atoms with van der Waals surface area (Å²) in [5.74, 6) is -0.138. The van der Waals surface area contributed by atoms with Crippen molar-refractivity contribution in [3.8, 4) is 34.0 Å². The molecule has 0 saturated heterocycles. The van der Waals surface area contributed by atoms with E-state index in [1.807, 2.05) is 66.7 Å². The zero-order valence-corrected chi connectivity index (χ0v) is 24.8. The highest BCUT2D eigenvalue weighted by atomic mass is 15.2. The van der Waals surface area contributed by atoms with Gasteiger partial charge in [-0.25, -0.2) is 9.97 Å². The van der Waals surface area contributed by atoms with Gasteiger partial charge in [0.25, 0.3) is 0 Å². The zero-order valence-electron chi connectivity index (χ0n) is 39.8. The molecule has 0 amide bonds. The first kappa shape index (κ1) is 15.9. The molecule has 0 aliphatic heterocycles. The van der Waals surface area contributed by atoms with Crippen LogP contribution in [0.2, 0.25) is 0 Å². The Hall–Kier alpha value is -6.52. The molecule has 0 atom stereocenters. The van der Waals surface area contributed by atoms with E-state index in [4.69, 9.17) is 23.7 Å². The molecule has 0 unspecified atom stereocenters. The molecule has 0 fully saturated rings. The first-order chi connectivity index (χ1) is 30.1. The van der Waals surface area contributed by atoms with Crippen LogP contribution >= 0.6 is 0 Å². The molecule has 7 aromatic carbocycles. The molecule has 48 heavy (non-hydrogen) atoms. The summed E-state index contributed by atoms with van der Waals surface area (Å²) in [4.78, 5) is 9.84. The van der Waals surface area contributed by atoms with Crippen molar-refractivity contribution in [1.82, 2.24) is 19.1 Å². The molecular formula is C44H28N4. The molecule has 3 aromatic heterocycles. The third-order valence-corrected chi connectivity index (χ3v) is 8.46. The number of aromatic nitrogens is 4. The fourth-order valence-electron chi connectivity index (χ4n) is 6.30. The Balaban J connectivity index is 1.37. The minimum atomic E-state index is -0.721. The lowest BCUT2D eigenvalue weighted by Crippen LogP contribution is -2.03. The Kier molecular flexibility index (Phi) is 3.47. The zero-order chi connectivity index (χ0) is 44.7. The molecule has 0 aliphatic rings. The van der Waals surface area contributed by atoms with Crippen molar-refractivity contribution < 1.29 is 20.6 Å². The van der Waals surface area contributed by atoms with E-state index in [0.717, 1.165) is 15.7 Å². The summed E-state index contributed by atoms with van der Waals surface area (Å²) in [6.07, 6.45) is 0. The van der Waals surface area contributed by atoms with E-state index >= 15 is 0 Å². The van der Waals surface area contributed by atoms with Gasteiger partial charge in [0.1, 0.15) is 0 Å². The summed E-state index contributed by atoms with van der Waals surface area (Å²) in [6.45, 7) is 0. The fourth-order valence-corrected chi connectivity index (χ4v) is 6.30. The van der Waals surface area contributed by atoms with Crippen molar-refractivity contribution in [3.63, 3.8) is 0 Å². The Morgan fingerprint density at radius 1 is 0.417 bits per heavy atom. The highest BCUT2D eigenvalue weighted by molar-refractivity contribution is 6.12. The van der Waals surface area contributed by atoms with Crippen LogP contribution in [-0.4, -0.2) is 19.1 Å². The lowest BCUT2D eigenvalue weighted by atomic mass is 10.0. The minimum absolute atomic E-state index is 0.138. The summed E-state index contributed by atoms with van der Waals surface area (Å²) in [6, 6.07) is 14.7. The molecular weight excluding hydrogens is 585 g/mol. The standard InChI is InChI=1S/C44H28N4/c1-2-12-29(13-3-1)30-22-24-31(25-23-30)43-36-17-4-8-18-38(36)45-44(46-43)48-41-21-11-7-16-35(41)37-28-32(26-27-42(37)48)47-39-19-9-5-14-33(39)34-15-6-10-20-40(34)47/h1-28H/i5D,6D,7D,9D,10D,11D,14D,15D,16D,19D,20D,21D,26D,27D,28D. The van der Waals surface area contributed by atoms with Crippen LogP contribution in [-0.2, 0) is 0 Å². The second-order valence-corrected chi connectivity index (χ2v) is 11.1. The van der Waals surface area contributed by atoms with Crippen LogP contribution < -0.4 is 0 Å². The lowest BCUT2D eigenvalue weighted by molar-refractivity contribution is 1.01. The number of fused-ring (bicyclic) bond motifs is 7. The van der Waals surface area contributed by atoms with E-state index < -0.39 is 96.3 Å². The van der Waals surface area contributed by atoms with E-state index in [9.17, 15) is 6.85 Å². The third kappa shape index (κ3) is 4.03. The van der Waals surface area contributed by atoms with E-state index in [0.29, 0.717) is 22.2 Å². The van der Waals surface area contributed by atoms with Crippen molar-refractivity contribution in [2.75, 3.05) is 0 Å². The third-order valence-electron chi connectivity index (χ3n) is 8.46. The molecule has 0 aliphatic carbocycles. The highest BCUT2D eigenvalue weighted by Crippen LogP contribution is 2.37. The molecule has 0 N–H and O–H groups in total. The average molecular weight is 628 g/mol. The lowest BCUT2D eigenvalue weighted by Gasteiger charge is -2.12. The van der Waals surface area contributed by atoms with Crippen LogP contribution in [0.5, 0.6) is 0 Å². The molecule has 0 spiro atoms. The minimum Gasteiger partial charge on any atom is -0.309 e. The van der Waals surface area contributed by atoms with Crippen LogP contribution in [0, 0.1) is 0 Å². The normalized spacial score (nSPS) is 16.1. The number of para-hydroxylation sites is 4. The van der Waals surface area contributed by atoms with Gasteiger partial charge in [-0.3, -0.25) is 4.57 Å². The summed E-state index contributed by atoms with van der Waals surface area (Å²) in [5.41, 5.74) is 1.78. The van der Waals surface area contributed by atoms with Crippen LogP contribution in [0.1, 0.15) is 20.6 Å². The van der Waals surface area contributed by atoms with Crippen LogP contribution in [0.25, 0.3) is 88.5 Å². The van der Waals surface area contributed by atoms with Crippen molar-refractivity contribution in [3.05, 3.63) is 169 Å². The van der Waals surface area contributed by atoms with E-state index in [2.05, 4.69) is 0 Å². The maximum Gasteiger partial charge on any atom is 0.235 e. The number of benzene rings is 7. The van der Waals surface area contributed by atoms with Gasteiger partial charge in [-0.1, -0.05) is 127 Å². The number of hydrogen-bond acceptors (Lipinski definition) is 2. The van der Waals surface area contributed by atoms with E-state index in [1.165, 1.54) is 4.57 Å². The largest absolute Gasteiger partial charge is 0.309 e. The molecule has 3 heterocycles. The summed E-state index contributed by atoms with van der Waals surface area (Å²) >= 11 is 0. The first-order valence-electron chi connectivity index (χ1n) is 22.5. The van der Waals surface area contributed by atoms with Crippen LogP contribution in [0.3, 0.4) is 0 Å². The highest BCUT2D eigenvalue weighted by Gasteiger charge is 2.19. The second-order valence-electron chi connectivity index (χ2n) is 11.1. The van der Waals surface area contributed by atoms with Gasteiger partial charge in [0.2, 0.25) is 5.95 Å². The van der Waals surface area contributed by atoms with E-state index in [-0.39, 0.29) is 49.6 Å². The van der Waals surface area contributed by atoms with Gasteiger partial charge in [-0.05, 0) is 53.4 Å². The first-order valence-corrected chi connectivity index (χ1v) is 15.0.